The van der Waals surface area contributed by atoms with Crippen LogP contribution in [0.25, 0.3) is 11.3 Å². The molecule has 0 fully saturated rings. The zero-order valence-corrected chi connectivity index (χ0v) is 18.0. The summed E-state index contributed by atoms with van der Waals surface area (Å²) >= 11 is 0. The first-order valence-electron chi connectivity index (χ1n) is 10.5. The molecule has 1 aromatic carbocycles. The van der Waals surface area contributed by atoms with Gasteiger partial charge < -0.3 is 15.1 Å². The molecule has 2 aromatic heterocycles. The number of anilines is 3. The summed E-state index contributed by atoms with van der Waals surface area (Å²) in [7, 11) is 2.12. The molecule has 0 bridgehead atoms. The highest BCUT2D eigenvalue weighted by Gasteiger charge is 2.23. The molecule has 0 radical (unpaired) electrons. The Balaban J connectivity index is 1.72. The number of hydrogen-bond donors (Lipinski definition) is 1. The highest BCUT2D eigenvalue weighted by atomic mass is 15.3. The summed E-state index contributed by atoms with van der Waals surface area (Å²) in [5, 5.41) is 3.34. The van der Waals surface area contributed by atoms with Crippen LogP contribution in [0.4, 0.5) is 17.3 Å². The Morgan fingerprint density at radius 1 is 1.07 bits per heavy atom. The molecule has 4 rings (SSSR count). The maximum Gasteiger partial charge on any atom is 0.158 e. The summed E-state index contributed by atoms with van der Waals surface area (Å²) in [5.74, 6) is 2.97. The molecule has 1 aliphatic heterocycles. The van der Waals surface area contributed by atoms with E-state index < -0.39 is 0 Å². The topological polar surface area (TPSA) is 44.3 Å². The molecule has 5 nitrogen and oxygen atoms in total. The van der Waals surface area contributed by atoms with Crippen LogP contribution < -0.4 is 15.1 Å². The number of hydrogen-bond acceptors (Lipinski definition) is 5. The Hall–Kier alpha value is -3.34. The summed E-state index contributed by atoms with van der Waals surface area (Å²) in [6, 6.07) is 18.8. The highest BCUT2D eigenvalue weighted by molar-refractivity contribution is 5.75. The molecule has 30 heavy (non-hydrogen) atoms. The molecule has 0 saturated heterocycles. The monoisotopic (exact) mass is 399 g/mol. The molecule has 3 heterocycles. The first-order chi connectivity index (χ1) is 14.5. The van der Waals surface area contributed by atoms with Gasteiger partial charge in [-0.05, 0) is 48.2 Å². The molecule has 5 heteroatoms. The molecule has 0 atom stereocenters. The fourth-order valence-electron chi connectivity index (χ4n) is 3.76. The highest BCUT2D eigenvalue weighted by Crippen LogP contribution is 2.35. The smallest absolute Gasteiger partial charge is 0.158 e. The SMILES string of the molecule is C=C(Nc1ccccn1)N1CCCN(C)c2ccc(-c3cccc(C(C)C)c3)nc21. The van der Waals surface area contributed by atoms with Gasteiger partial charge in [0.05, 0.1) is 11.4 Å². The van der Waals surface area contributed by atoms with Gasteiger partial charge in [-0.1, -0.05) is 44.7 Å². The van der Waals surface area contributed by atoms with Crippen molar-refractivity contribution in [2.24, 2.45) is 0 Å². The van der Waals surface area contributed by atoms with Gasteiger partial charge in [0, 0.05) is 31.9 Å². The van der Waals surface area contributed by atoms with E-state index in [0.29, 0.717) is 5.92 Å². The van der Waals surface area contributed by atoms with Crippen LogP contribution in [0.3, 0.4) is 0 Å². The molecule has 1 N–H and O–H groups in total. The lowest BCUT2D eigenvalue weighted by molar-refractivity contribution is 0.789. The fraction of sp³-hybridized carbons (Fsp3) is 0.280. The predicted molar refractivity (Wildman–Crippen MR) is 126 cm³/mol. The standard InChI is InChI=1S/C25H29N5/c1-18(2)20-9-7-10-21(17-20)22-12-13-23-25(28-22)30(16-8-15-29(23)4)19(3)27-24-11-5-6-14-26-24/h5-7,9-14,17-18H,3,8,15-16H2,1-2,4H3,(H,26,27). The molecule has 0 saturated carbocycles. The Morgan fingerprint density at radius 2 is 1.93 bits per heavy atom. The van der Waals surface area contributed by atoms with Crippen molar-refractivity contribution < 1.29 is 0 Å². The minimum atomic E-state index is 0.482. The molecule has 0 amide bonds. The van der Waals surface area contributed by atoms with Crippen LogP contribution in [0.2, 0.25) is 0 Å². The Labute approximate surface area is 179 Å². The second kappa shape index (κ2) is 8.57. The number of nitrogens with one attached hydrogen (secondary N) is 1. The van der Waals surface area contributed by atoms with Crippen LogP contribution >= 0.6 is 0 Å². The molecule has 0 aliphatic carbocycles. The van der Waals surface area contributed by atoms with Crippen molar-refractivity contribution in [3.8, 4) is 11.3 Å². The number of aromatic nitrogens is 2. The van der Waals surface area contributed by atoms with Crippen LogP contribution in [0.1, 0.15) is 31.7 Å². The molecule has 0 spiro atoms. The number of nitrogens with zero attached hydrogens (tertiary/aromatic N) is 4. The molecule has 0 unspecified atom stereocenters. The summed E-state index contributed by atoms with van der Waals surface area (Å²) < 4.78 is 0. The van der Waals surface area contributed by atoms with Crippen molar-refractivity contribution in [3.05, 3.63) is 78.8 Å². The number of benzene rings is 1. The van der Waals surface area contributed by atoms with E-state index in [9.17, 15) is 0 Å². The van der Waals surface area contributed by atoms with Crippen molar-refractivity contribution in [3.63, 3.8) is 0 Å². The average Bonchev–Trinajstić information content (AvgIpc) is 2.93. The van der Waals surface area contributed by atoms with E-state index in [-0.39, 0.29) is 0 Å². The normalized spacial score (nSPS) is 13.7. The quantitative estimate of drug-likeness (QED) is 0.614. The Morgan fingerprint density at radius 3 is 2.70 bits per heavy atom. The van der Waals surface area contributed by atoms with E-state index in [4.69, 9.17) is 4.98 Å². The number of fused-ring (bicyclic) bond motifs is 1. The van der Waals surface area contributed by atoms with Crippen molar-refractivity contribution in [1.29, 1.82) is 0 Å². The third kappa shape index (κ3) is 4.15. The predicted octanol–water partition coefficient (Wildman–Crippen LogP) is 5.50. The third-order valence-corrected chi connectivity index (χ3v) is 5.51. The first kappa shape index (κ1) is 20.0. The van der Waals surface area contributed by atoms with Crippen molar-refractivity contribution in [1.82, 2.24) is 9.97 Å². The van der Waals surface area contributed by atoms with Gasteiger partial charge >= 0.3 is 0 Å². The minimum absolute atomic E-state index is 0.482. The van der Waals surface area contributed by atoms with E-state index in [2.05, 4.69) is 84.0 Å². The van der Waals surface area contributed by atoms with Gasteiger partial charge in [-0.2, -0.15) is 0 Å². The van der Waals surface area contributed by atoms with Gasteiger partial charge in [0.25, 0.3) is 0 Å². The van der Waals surface area contributed by atoms with Crippen LogP contribution in [0, 0.1) is 0 Å². The fourth-order valence-corrected chi connectivity index (χ4v) is 3.76. The number of pyridine rings is 2. The van der Waals surface area contributed by atoms with Crippen LogP contribution in [-0.2, 0) is 0 Å². The molecule has 1 aliphatic rings. The maximum atomic E-state index is 5.10. The van der Waals surface area contributed by atoms with Crippen LogP contribution in [-0.4, -0.2) is 30.1 Å². The van der Waals surface area contributed by atoms with Crippen molar-refractivity contribution in [2.75, 3.05) is 35.3 Å². The van der Waals surface area contributed by atoms with Gasteiger partial charge in [0.1, 0.15) is 11.6 Å². The van der Waals surface area contributed by atoms with Crippen LogP contribution in [0.15, 0.2) is 73.2 Å². The van der Waals surface area contributed by atoms with E-state index in [1.165, 1.54) is 5.56 Å². The number of rotatable bonds is 5. The molecular formula is C25H29N5. The van der Waals surface area contributed by atoms with Crippen molar-refractivity contribution >= 4 is 17.3 Å². The Kier molecular flexibility index (Phi) is 5.70. The minimum Gasteiger partial charge on any atom is -0.372 e. The molecule has 3 aromatic rings. The van der Waals surface area contributed by atoms with Gasteiger partial charge in [-0.3, -0.25) is 0 Å². The van der Waals surface area contributed by atoms with Gasteiger partial charge in [-0.15, -0.1) is 0 Å². The summed E-state index contributed by atoms with van der Waals surface area (Å²) in [6.07, 6.45) is 2.80. The van der Waals surface area contributed by atoms with Crippen molar-refractivity contribution in [2.45, 2.75) is 26.2 Å². The molecule has 154 valence electrons. The zero-order chi connectivity index (χ0) is 21.1. The summed E-state index contributed by atoms with van der Waals surface area (Å²) in [5.41, 5.74) is 4.54. The average molecular weight is 400 g/mol. The second-order valence-electron chi connectivity index (χ2n) is 8.03. The van der Waals surface area contributed by atoms with E-state index in [1.807, 2.05) is 18.2 Å². The largest absolute Gasteiger partial charge is 0.372 e. The molecular weight excluding hydrogens is 370 g/mol. The van der Waals surface area contributed by atoms with Gasteiger partial charge in [0.2, 0.25) is 0 Å². The lowest BCUT2D eigenvalue weighted by Crippen LogP contribution is -2.28. The first-order valence-corrected chi connectivity index (χ1v) is 10.5. The van der Waals surface area contributed by atoms with Gasteiger partial charge in [-0.25, -0.2) is 9.97 Å². The Bertz CT molecular complexity index is 1030. The summed E-state index contributed by atoms with van der Waals surface area (Å²) in [6.45, 7) is 10.5. The van der Waals surface area contributed by atoms with E-state index in [1.54, 1.807) is 6.20 Å². The summed E-state index contributed by atoms with van der Waals surface area (Å²) in [4.78, 5) is 13.9. The van der Waals surface area contributed by atoms with Crippen LogP contribution in [0.5, 0.6) is 0 Å². The lowest BCUT2D eigenvalue weighted by Gasteiger charge is -2.27. The lowest BCUT2D eigenvalue weighted by atomic mass is 9.99. The van der Waals surface area contributed by atoms with E-state index in [0.717, 1.165) is 53.9 Å². The second-order valence-corrected chi connectivity index (χ2v) is 8.03. The third-order valence-electron chi connectivity index (χ3n) is 5.51. The van der Waals surface area contributed by atoms with Gasteiger partial charge in [0.15, 0.2) is 5.82 Å². The zero-order valence-electron chi connectivity index (χ0n) is 18.0. The maximum absolute atomic E-state index is 5.10. The van der Waals surface area contributed by atoms with E-state index >= 15 is 0 Å².